The van der Waals surface area contributed by atoms with Crippen molar-refractivity contribution >= 4 is 0 Å². The van der Waals surface area contributed by atoms with Crippen LogP contribution in [0.15, 0.2) is 0 Å². The Bertz CT molecular complexity index is 152. The first-order valence-corrected chi connectivity index (χ1v) is 4.78. The molecule has 0 radical (unpaired) electrons. The minimum Gasteiger partial charge on any atom is -0.311 e. The number of nitrogens with zero attached hydrogens (tertiary/aromatic N) is 1. The fourth-order valence-corrected chi connectivity index (χ4v) is 1.93. The highest BCUT2D eigenvalue weighted by molar-refractivity contribution is 4.95. The van der Waals surface area contributed by atoms with Gasteiger partial charge in [0.2, 0.25) is 5.54 Å². The normalized spacial score (nSPS) is 12.2. The molecule has 0 spiro atoms. The predicted octanol–water partition coefficient (Wildman–Crippen LogP) is 3.76. The van der Waals surface area contributed by atoms with Crippen molar-refractivity contribution in [2.45, 2.75) is 53.0 Å². The molecule has 0 aliphatic rings. The van der Waals surface area contributed by atoms with Gasteiger partial charge >= 0.3 is 0 Å². The molecular weight excluding hydrogens is 146 g/mol. The molecule has 0 aliphatic carbocycles. The Hall–Kier alpha value is -0.510. The van der Waals surface area contributed by atoms with Gasteiger partial charge in [-0.2, -0.15) is 0 Å². The lowest BCUT2D eigenvalue weighted by atomic mass is 9.84. The zero-order valence-corrected chi connectivity index (χ0v) is 9.02. The van der Waals surface area contributed by atoms with Gasteiger partial charge < -0.3 is 4.85 Å². The van der Waals surface area contributed by atoms with Gasteiger partial charge in [0.25, 0.3) is 0 Å². The van der Waals surface area contributed by atoms with Crippen LogP contribution in [0.4, 0.5) is 0 Å². The van der Waals surface area contributed by atoms with Crippen molar-refractivity contribution in [1.29, 1.82) is 0 Å². The number of rotatable bonds is 4. The van der Waals surface area contributed by atoms with E-state index in [9.17, 15) is 0 Å². The first-order valence-electron chi connectivity index (χ1n) is 4.78. The Morgan fingerprint density at radius 2 is 1.42 bits per heavy atom. The van der Waals surface area contributed by atoms with E-state index < -0.39 is 0 Å². The van der Waals surface area contributed by atoms with Crippen molar-refractivity contribution in [3.8, 4) is 0 Å². The van der Waals surface area contributed by atoms with Crippen LogP contribution in [-0.2, 0) is 0 Å². The quantitative estimate of drug-likeness (QED) is 0.562. The first-order chi connectivity index (χ1) is 5.39. The van der Waals surface area contributed by atoms with Crippen LogP contribution >= 0.6 is 0 Å². The summed E-state index contributed by atoms with van der Waals surface area (Å²) in [6, 6.07) is 0. The van der Waals surface area contributed by atoms with Crippen LogP contribution < -0.4 is 0 Å². The Morgan fingerprint density at radius 1 is 1.08 bits per heavy atom. The van der Waals surface area contributed by atoms with Gasteiger partial charge in [0.05, 0.1) is 0 Å². The molecule has 70 valence electrons. The van der Waals surface area contributed by atoms with E-state index in [0.29, 0.717) is 11.8 Å². The van der Waals surface area contributed by atoms with Gasteiger partial charge in [0.1, 0.15) is 0 Å². The molecule has 0 aromatic carbocycles. The summed E-state index contributed by atoms with van der Waals surface area (Å²) >= 11 is 0. The fraction of sp³-hybridized carbons (Fsp3) is 0.909. The molecule has 0 bridgehead atoms. The molecule has 0 N–H and O–H groups in total. The summed E-state index contributed by atoms with van der Waals surface area (Å²) < 4.78 is 0. The second-order valence-electron chi connectivity index (χ2n) is 4.80. The average molecular weight is 167 g/mol. The SMILES string of the molecule is [C-]#[N+]C(C)(CC(C)C)CC(C)C. The van der Waals surface area contributed by atoms with Crippen LogP contribution in [0.25, 0.3) is 4.85 Å². The molecule has 0 rings (SSSR count). The lowest BCUT2D eigenvalue weighted by molar-refractivity contribution is 0.356. The predicted molar refractivity (Wildman–Crippen MR) is 53.9 cm³/mol. The Balaban J connectivity index is 4.17. The van der Waals surface area contributed by atoms with Crippen LogP contribution in [0.1, 0.15) is 47.5 Å². The zero-order chi connectivity index (χ0) is 9.78. The number of hydrogen-bond donors (Lipinski definition) is 0. The monoisotopic (exact) mass is 167 g/mol. The lowest BCUT2D eigenvalue weighted by Crippen LogP contribution is -2.24. The third-order valence-electron chi connectivity index (χ3n) is 1.97. The highest BCUT2D eigenvalue weighted by Crippen LogP contribution is 2.28. The van der Waals surface area contributed by atoms with Gasteiger partial charge in [-0.15, -0.1) is 0 Å². The van der Waals surface area contributed by atoms with Crippen molar-refractivity contribution in [3.05, 3.63) is 11.4 Å². The van der Waals surface area contributed by atoms with E-state index in [2.05, 4.69) is 39.5 Å². The van der Waals surface area contributed by atoms with E-state index in [1.165, 1.54) is 0 Å². The fourth-order valence-electron chi connectivity index (χ4n) is 1.93. The van der Waals surface area contributed by atoms with Gasteiger partial charge in [-0.3, -0.25) is 0 Å². The van der Waals surface area contributed by atoms with Gasteiger partial charge in [0.15, 0.2) is 0 Å². The van der Waals surface area contributed by atoms with Crippen molar-refractivity contribution < 1.29 is 0 Å². The molecule has 0 unspecified atom stereocenters. The summed E-state index contributed by atoms with van der Waals surface area (Å²) in [7, 11) is 0. The minimum atomic E-state index is -0.123. The van der Waals surface area contributed by atoms with E-state index in [1.807, 2.05) is 0 Å². The van der Waals surface area contributed by atoms with Crippen LogP contribution in [0.2, 0.25) is 0 Å². The average Bonchev–Trinajstić information content (AvgIpc) is 1.83. The van der Waals surface area contributed by atoms with E-state index in [1.54, 1.807) is 0 Å². The molecule has 1 nitrogen and oxygen atoms in total. The summed E-state index contributed by atoms with van der Waals surface area (Å²) in [5, 5.41) is 0. The van der Waals surface area contributed by atoms with Gasteiger partial charge in [-0.25, -0.2) is 6.57 Å². The van der Waals surface area contributed by atoms with E-state index >= 15 is 0 Å². The van der Waals surface area contributed by atoms with Crippen LogP contribution in [0.3, 0.4) is 0 Å². The van der Waals surface area contributed by atoms with Crippen molar-refractivity contribution in [2.24, 2.45) is 11.8 Å². The molecule has 0 heterocycles. The van der Waals surface area contributed by atoms with Gasteiger partial charge in [0, 0.05) is 19.8 Å². The minimum absolute atomic E-state index is 0.123. The topological polar surface area (TPSA) is 4.36 Å². The van der Waals surface area contributed by atoms with E-state index in [0.717, 1.165) is 12.8 Å². The maximum atomic E-state index is 7.17. The van der Waals surface area contributed by atoms with Crippen LogP contribution in [0.5, 0.6) is 0 Å². The smallest absolute Gasteiger partial charge is 0.230 e. The maximum absolute atomic E-state index is 7.17. The third-order valence-corrected chi connectivity index (χ3v) is 1.97. The van der Waals surface area contributed by atoms with Crippen LogP contribution in [-0.4, -0.2) is 5.54 Å². The molecule has 0 saturated carbocycles. The molecule has 0 aromatic heterocycles. The number of hydrogen-bond acceptors (Lipinski definition) is 0. The largest absolute Gasteiger partial charge is 0.311 e. The summed E-state index contributed by atoms with van der Waals surface area (Å²) in [6.45, 7) is 18.0. The van der Waals surface area contributed by atoms with Gasteiger partial charge in [-0.1, -0.05) is 27.7 Å². The first kappa shape index (κ1) is 11.5. The summed E-state index contributed by atoms with van der Waals surface area (Å²) in [4.78, 5) is 3.75. The molecule has 0 atom stereocenters. The summed E-state index contributed by atoms with van der Waals surface area (Å²) in [5.74, 6) is 1.26. The molecule has 0 aliphatic heterocycles. The highest BCUT2D eigenvalue weighted by Gasteiger charge is 2.31. The third kappa shape index (κ3) is 4.38. The van der Waals surface area contributed by atoms with Crippen molar-refractivity contribution in [2.75, 3.05) is 0 Å². The van der Waals surface area contributed by atoms with E-state index in [4.69, 9.17) is 6.57 Å². The molecule has 1 heteroatoms. The zero-order valence-electron chi connectivity index (χ0n) is 9.02. The molecule has 0 amide bonds. The van der Waals surface area contributed by atoms with Crippen molar-refractivity contribution in [1.82, 2.24) is 0 Å². The van der Waals surface area contributed by atoms with Crippen molar-refractivity contribution in [3.63, 3.8) is 0 Å². The Labute approximate surface area is 77.0 Å². The Kier molecular flexibility index (Phi) is 4.31. The second-order valence-corrected chi connectivity index (χ2v) is 4.80. The van der Waals surface area contributed by atoms with E-state index in [-0.39, 0.29) is 5.54 Å². The van der Waals surface area contributed by atoms with Crippen LogP contribution in [0, 0.1) is 18.4 Å². The highest BCUT2D eigenvalue weighted by atomic mass is 14.8. The molecular formula is C11H21N. The summed E-state index contributed by atoms with van der Waals surface area (Å²) in [5.41, 5.74) is -0.123. The molecule has 0 saturated heterocycles. The summed E-state index contributed by atoms with van der Waals surface area (Å²) in [6.07, 6.45) is 2.04. The Morgan fingerprint density at radius 3 is 1.58 bits per heavy atom. The lowest BCUT2D eigenvalue weighted by Gasteiger charge is -2.20. The van der Waals surface area contributed by atoms with Gasteiger partial charge in [-0.05, 0) is 11.8 Å². The molecule has 12 heavy (non-hydrogen) atoms. The second kappa shape index (κ2) is 4.50. The molecule has 0 fully saturated rings. The standard InChI is InChI=1S/C11H21N/c1-9(2)7-11(5,12-6)8-10(3)4/h9-10H,7-8H2,1-5H3. The molecule has 0 aromatic rings. The maximum Gasteiger partial charge on any atom is 0.230 e.